The molecule has 0 saturated carbocycles. The Morgan fingerprint density at radius 1 is 1.35 bits per heavy atom. The third-order valence-corrected chi connectivity index (χ3v) is 3.28. The van der Waals surface area contributed by atoms with Crippen LogP contribution in [0.5, 0.6) is 5.75 Å². The summed E-state index contributed by atoms with van der Waals surface area (Å²) in [6, 6.07) is 5.92. The molecule has 4 nitrogen and oxygen atoms in total. The van der Waals surface area contributed by atoms with Gasteiger partial charge in [0, 0.05) is 12.6 Å². The summed E-state index contributed by atoms with van der Waals surface area (Å²) in [5.41, 5.74) is 3.08. The van der Waals surface area contributed by atoms with Crippen molar-refractivity contribution in [3.05, 3.63) is 35.5 Å². The van der Waals surface area contributed by atoms with E-state index in [-0.39, 0.29) is 0 Å². The number of anilines is 1. The number of hydrogen-bond acceptors (Lipinski definition) is 4. The summed E-state index contributed by atoms with van der Waals surface area (Å²) < 4.78 is 5.67. The van der Waals surface area contributed by atoms with Crippen LogP contribution >= 0.6 is 0 Å². The third kappa shape index (κ3) is 5.89. The first kappa shape index (κ1) is 18.9. The molecule has 0 amide bonds. The molecule has 0 radical (unpaired) electrons. The second-order valence-corrected chi connectivity index (χ2v) is 5.32. The largest absolute Gasteiger partial charge is 0.490 e. The third-order valence-electron chi connectivity index (χ3n) is 3.28. The highest BCUT2D eigenvalue weighted by atomic mass is 16.5. The summed E-state index contributed by atoms with van der Waals surface area (Å²) in [4.78, 5) is 17.3. The Bertz CT molecular complexity index is 550. The van der Waals surface area contributed by atoms with Crippen molar-refractivity contribution in [2.75, 3.05) is 24.6 Å². The maximum Gasteiger partial charge on any atom is 0.142 e. The van der Waals surface area contributed by atoms with Gasteiger partial charge in [0.2, 0.25) is 0 Å². The van der Waals surface area contributed by atoms with Crippen LogP contribution in [0.25, 0.3) is 0 Å². The first-order chi connectivity index (χ1) is 11.2. The normalized spacial score (nSPS) is 13.9. The predicted molar refractivity (Wildman–Crippen MR) is 97.8 cm³/mol. The lowest BCUT2D eigenvalue weighted by Crippen LogP contribution is -2.34. The molecular weight excluding hydrogens is 288 g/mol. The van der Waals surface area contributed by atoms with Crippen molar-refractivity contribution in [3.63, 3.8) is 0 Å². The van der Waals surface area contributed by atoms with Gasteiger partial charge in [0.15, 0.2) is 0 Å². The van der Waals surface area contributed by atoms with E-state index < -0.39 is 0 Å². The molecule has 4 heteroatoms. The number of nitrogens with zero attached hydrogens (tertiary/aromatic N) is 2. The van der Waals surface area contributed by atoms with Gasteiger partial charge in [-0.15, -0.1) is 0 Å². The summed E-state index contributed by atoms with van der Waals surface area (Å²) in [5, 5.41) is 0. The van der Waals surface area contributed by atoms with Crippen LogP contribution in [0.2, 0.25) is 0 Å². The van der Waals surface area contributed by atoms with Crippen molar-refractivity contribution in [2.45, 2.75) is 40.5 Å². The number of carbonyl (C=O) groups excluding carboxylic acids is 1. The number of carbonyl (C=O) groups is 1. The molecule has 1 heterocycles. The van der Waals surface area contributed by atoms with Gasteiger partial charge in [-0.25, -0.2) is 0 Å². The molecule has 0 atom stereocenters. The predicted octanol–water partition coefficient (Wildman–Crippen LogP) is 4.04. The number of allylic oxidation sites excluding steroid dienone is 1. The van der Waals surface area contributed by atoms with E-state index in [4.69, 9.17) is 4.74 Å². The molecule has 23 heavy (non-hydrogen) atoms. The first-order valence-corrected chi connectivity index (χ1v) is 8.28. The van der Waals surface area contributed by atoms with E-state index >= 15 is 0 Å². The molecule has 1 aliphatic heterocycles. The van der Waals surface area contributed by atoms with E-state index in [9.17, 15) is 4.79 Å². The summed E-state index contributed by atoms with van der Waals surface area (Å²) in [7, 11) is 0. The number of benzene rings is 1. The highest BCUT2D eigenvalue weighted by Crippen LogP contribution is 2.33. The average molecular weight is 316 g/mol. The zero-order chi connectivity index (χ0) is 17.1. The Hall–Kier alpha value is -2.10. The van der Waals surface area contributed by atoms with Crippen LogP contribution in [0.4, 0.5) is 5.69 Å². The molecule has 126 valence electrons. The van der Waals surface area contributed by atoms with Gasteiger partial charge in [0.25, 0.3) is 0 Å². The Kier molecular flexibility index (Phi) is 8.73. The van der Waals surface area contributed by atoms with E-state index in [1.165, 1.54) is 6.42 Å². The number of aldehydes is 1. The molecule has 0 saturated heterocycles. The summed E-state index contributed by atoms with van der Waals surface area (Å²) in [6.07, 6.45) is 6.43. The number of ether oxygens (including phenoxy) is 1. The number of fused-ring (bicyclic) bond motifs is 1. The fraction of sp³-hybridized carbons (Fsp3) is 0.474. The molecule has 0 unspecified atom stereocenters. The van der Waals surface area contributed by atoms with Crippen LogP contribution in [0.15, 0.2) is 35.0 Å². The molecule has 2 rings (SSSR count). The van der Waals surface area contributed by atoms with Crippen LogP contribution in [-0.4, -0.2) is 32.2 Å². The Balaban J connectivity index is 0.000000816. The van der Waals surface area contributed by atoms with Crippen molar-refractivity contribution < 1.29 is 9.53 Å². The fourth-order valence-electron chi connectivity index (χ4n) is 2.27. The van der Waals surface area contributed by atoms with Gasteiger partial charge in [-0.3, -0.25) is 4.99 Å². The van der Waals surface area contributed by atoms with Crippen LogP contribution in [0, 0.1) is 0 Å². The van der Waals surface area contributed by atoms with Crippen LogP contribution < -0.4 is 9.64 Å². The van der Waals surface area contributed by atoms with Crippen molar-refractivity contribution in [2.24, 2.45) is 4.99 Å². The highest BCUT2D eigenvalue weighted by molar-refractivity contribution is 5.65. The molecule has 1 aliphatic rings. The van der Waals surface area contributed by atoms with E-state index in [1.807, 2.05) is 38.1 Å². The minimum Gasteiger partial charge on any atom is -0.490 e. The molecule has 0 spiro atoms. The van der Waals surface area contributed by atoms with Gasteiger partial charge < -0.3 is 14.4 Å². The topological polar surface area (TPSA) is 41.9 Å². The minimum atomic E-state index is 0.435. The zero-order valence-corrected chi connectivity index (χ0v) is 14.7. The van der Waals surface area contributed by atoms with Crippen molar-refractivity contribution in [3.8, 4) is 5.75 Å². The zero-order valence-electron chi connectivity index (χ0n) is 14.7. The maximum atomic E-state index is 10.7. The quantitative estimate of drug-likeness (QED) is 0.608. The van der Waals surface area contributed by atoms with E-state index in [2.05, 4.69) is 23.7 Å². The molecule has 1 aromatic rings. The molecule has 0 bridgehead atoms. The van der Waals surface area contributed by atoms with Gasteiger partial charge in [-0.1, -0.05) is 32.4 Å². The first-order valence-electron chi connectivity index (χ1n) is 8.28. The van der Waals surface area contributed by atoms with Gasteiger partial charge in [-0.05, 0) is 31.5 Å². The number of rotatable bonds is 5. The summed E-state index contributed by atoms with van der Waals surface area (Å²) in [5.74, 6) is 0.877. The van der Waals surface area contributed by atoms with Gasteiger partial charge in [0.1, 0.15) is 18.6 Å². The van der Waals surface area contributed by atoms with E-state index in [0.29, 0.717) is 13.0 Å². The number of hydrogen-bond donors (Lipinski definition) is 0. The Morgan fingerprint density at radius 2 is 2.09 bits per heavy atom. The molecule has 1 aromatic carbocycles. The second-order valence-electron chi connectivity index (χ2n) is 5.32. The van der Waals surface area contributed by atoms with E-state index in [1.54, 1.807) is 6.21 Å². The summed E-state index contributed by atoms with van der Waals surface area (Å²) >= 11 is 0. The van der Waals surface area contributed by atoms with Crippen LogP contribution in [-0.2, 0) is 11.2 Å². The van der Waals surface area contributed by atoms with Crippen LogP contribution in [0.1, 0.15) is 39.7 Å². The SMILES string of the molecule is CC=N/C(=C\C)CN1CCOc2ccc(CC=O)cc21.CCC. The minimum absolute atomic E-state index is 0.435. The molecule has 0 N–H and O–H groups in total. The van der Waals surface area contributed by atoms with Gasteiger partial charge in [0.05, 0.1) is 24.5 Å². The molecule has 0 aliphatic carbocycles. The fourth-order valence-corrected chi connectivity index (χ4v) is 2.27. The lowest BCUT2D eigenvalue weighted by Gasteiger charge is -2.31. The molecular formula is C19H28N2O2. The second kappa shape index (κ2) is 10.6. The van der Waals surface area contributed by atoms with Crippen LogP contribution in [0.3, 0.4) is 0 Å². The van der Waals surface area contributed by atoms with Gasteiger partial charge in [-0.2, -0.15) is 0 Å². The van der Waals surface area contributed by atoms with Crippen molar-refractivity contribution in [1.82, 2.24) is 0 Å². The molecule has 0 aromatic heterocycles. The summed E-state index contributed by atoms with van der Waals surface area (Å²) in [6.45, 7) is 10.4. The monoisotopic (exact) mass is 316 g/mol. The molecule has 0 fully saturated rings. The van der Waals surface area contributed by atoms with Crippen molar-refractivity contribution in [1.29, 1.82) is 0 Å². The number of aliphatic imine (C=N–C) groups is 1. The average Bonchev–Trinajstić information content (AvgIpc) is 2.56. The van der Waals surface area contributed by atoms with Gasteiger partial charge >= 0.3 is 0 Å². The smallest absolute Gasteiger partial charge is 0.142 e. The lowest BCUT2D eigenvalue weighted by molar-refractivity contribution is -0.107. The standard InChI is InChI=1S/C16H20N2O2.C3H8/c1-3-14(17-4-2)12-18-8-10-20-16-6-5-13(7-9-19)11-15(16)18;1-3-2/h3-6,9,11H,7-8,10,12H2,1-2H3;3H2,1-2H3/b14-3-,17-4?;. The van der Waals surface area contributed by atoms with E-state index in [0.717, 1.165) is 42.1 Å². The highest BCUT2D eigenvalue weighted by Gasteiger charge is 2.19. The Labute approximate surface area is 139 Å². The lowest BCUT2D eigenvalue weighted by atomic mass is 10.1. The Morgan fingerprint density at radius 3 is 2.70 bits per heavy atom. The maximum absolute atomic E-state index is 10.7. The van der Waals surface area contributed by atoms with Crippen molar-refractivity contribution >= 4 is 18.2 Å².